The lowest BCUT2D eigenvalue weighted by Gasteiger charge is -2.26. The maximum Gasteiger partial charge on any atom is 0.404 e. The van der Waals surface area contributed by atoms with Crippen LogP contribution in [-0.2, 0) is 0 Å². The maximum atomic E-state index is 10.4. The summed E-state index contributed by atoms with van der Waals surface area (Å²) in [5.74, 6) is 0.565. The lowest BCUT2D eigenvalue weighted by atomic mass is 9.86. The fourth-order valence-corrected chi connectivity index (χ4v) is 2.53. The molecule has 1 amide bonds. The summed E-state index contributed by atoms with van der Waals surface area (Å²) < 4.78 is 0.986. The van der Waals surface area contributed by atoms with Crippen LogP contribution in [0, 0.1) is 5.92 Å². The Labute approximate surface area is 100 Å². The predicted molar refractivity (Wildman–Crippen MR) is 62.8 cm³/mol. The summed E-state index contributed by atoms with van der Waals surface area (Å²) in [6.45, 7) is 0. The van der Waals surface area contributed by atoms with Gasteiger partial charge in [0.05, 0.1) is 3.39 Å². The molecule has 0 aromatic heterocycles. The Bertz CT molecular complexity index is 231. The standard InChI is InChI=1S/C9H13Br2NO2/c10-8(11)5-6-1-3-7(4-2-6)12-9(13)14/h5-7,12H,1-4H2,(H,13,14)/t6-,7-. The average Bonchev–Trinajstić information content (AvgIpc) is 2.06. The van der Waals surface area contributed by atoms with Gasteiger partial charge in [0.15, 0.2) is 0 Å². The Morgan fingerprint density at radius 2 is 1.86 bits per heavy atom. The fraction of sp³-hybridized carbons (Fsp3) is 0.667. The molecule has 1 saturated carbocycles. The number of carboxylic acid groups (broad SMARTS) is 1. The van der Waals surface area contributed by atoms with E-state index in [9.17, 15) is 4.79 Å². The minimum Gasteiger partial charge on any atom is -0.465 e. The summed E-state index contributed by atoms with van der Waals surface area (Å²) in [5, 5.41) is 11.1. The second-order valence-electron chi connectivity index (χ2n) is 3.52. The van der Waals surface area contributed by atoms with Crippen LogP contribution in [0.4, 0.5) is 4.79 Å². The predicted octanol–water partition coefficient (Wildman–Crippen LogP) is 3.44. The number of carbonyl (C=O) groups is 1. The largest absolute Gasteiger partial charge is 0.465 e. The molecule has 2 N–H and O–H groups in total. The molecular formula is C9H13Br2NO2. The number of hydrogen-bond donors (Lipinski definition) is 2. The van der Waals surface area contributed by atoms with Crippen molar-refractivity contribution in [2.45, 2.75) is 31.7 Å². The minimum absolute atomic E-state index is 0.145. The van der Waals surface area contributed by atoms with Crippen molar-refractivity contribution < 1.29 is 9.90 Å². The monoisotopic (exact) mass is 325 g/mol. The Kier molecular flexibility index (Phi) is 4.95. The van der Waals surface area contributed by atoms with Crippen LogP contribution in [0.3, 0.4) is 0 Å². The molecule has 5 heteroatoms. The van der Waals surface area contributed by atoms with Gasteiger partial charge in [-0.2, -0.15) is 0 Å². The molecule has 0 saturated heterocycles. The molecule has 0 heterocycles. The topological polar surface area (TPSA) is 49.3 Å². The van der Waals surface area contributed by atoms with E-state index in [0.717, 1.165) is 29.1 Å². The fourth-order valence-electron chi connectivity index (χ4n) is 1.78. The maximum absolute atomic E-state index is 10.4. The smallest absolute Gasteiger partial charge is 0.404 e. The number of amides is 1. The van der Waals surface area contributed by atoms with Crippen LogP contribution in [-0.4, -0.2) is 17.2 Å². The Balaban J connectivity index is 2.31. The highest BCUT2D eigenvalue weighted by Crippen LogP contribution is 2.28. The average molecular weight is 327 g/mol. The molecule has 0 atom stereocenters. The molecule has 1 rings (SSSR count). The molecule has 0 spiro atoms. The highest BCUT2D eigenvalue weighted by molar-refractivity contribution is 9.28. The highest BCUT2D eigenvalue weighted by atomic mass is 79.9. The summed E-state index contributed by atoms with van der Waals surface area (Å²) in [5.41, 5.74) is 0. The molecule has 1 aliphatic rings. The first kappa shape index (κ1) is 12.0. The van der Waals surface area contributed by atoms with E-state index in [2.05, 4.69) is 43.3 Å². The van der Waals surface area contributed by atoms with Gasteiger partial charge in [0.25, 0.3) is 0 Å². The molecule has 80 valence electrons. The van der Waals surface area contributed by atoms with Crippen LogP contribution >= 0.6 is 31.9 Å². The first-order chi connectivity index (χ1) is 6.58. The molecule has 1 aliphatic carbocycles. The second-order valence-corrected chi connectivity index (χ2v) is 6.29. The van der Waals surface area contributed by atoms with E-state index in [1.165, 1.54) is 0 Å². The van der Waals surface area contributed by atoms with Gasteiger partial charge in [0.2, 0.25) is 0 Å². The van der Waals surface area contributed by atoms with Gasteiger partial charge in [-0.05, 0) is 63.5 Å². The molecule has 0 radical (unpaired) electrons. The molecule has 3 nitrogen and oxygen atoms in total. The Morgan fingerprint density at radius 3 is 2.29 bits per heavy atom. The molecule has 14 heavy (non-hydrogen) atoms. The van der Waals surface area contributed by atoms with Crippen molar-refractivity contribution >= 4 is 38.0 Å². The second kappa shape index (κ2) is 5.75. The quantitative estimate of drug-likeness (QED) is 0.816. The summed E-state index contributed by atoms with van der Waals surface area (Å²) in [4.78, 5) is 10.4. The molecular weight excluding hydrogens is 314 g/mol. The van der Waals surface area contributed by atoms with Gasteiger partial charge in [-0.1, -0.05) is 6.08 Å². The van der Waals surface area contributed by atoms with Gasteiger partial charge in [-0.15, -0.1) is 0 Å². The molecule has 0 aliphatic heterocycles. The zero-order valence-electron chi connectivity index (χ0n) is 7.67. The Morgan fingerprint density at radius 1 is 1.29 bits per heavy atom. The van der Waals surface area contributed by atoms with E-state index in [-0.39, 0.29) is 6.04 Å². The number of halogens is 2. The van der Waals surface area contributed by atoms with Crippen LogP contribution in [0.5, 0.6) is 0 Å². The summed E-state index contributed by atoms with van der Waals surface area (Å²) in [7, 11) is 0. The van der Waals surface area contributed by atoms with Gasteiger partial charge in [0.1, 0.15) is 0 Å². The van der Waals surface area contributed by atoms with Crippen molar-refractivity contribution in [2.24, 2.45) is 5.92 Å². The third kappa shape index (κ3) is 4.46. The molecule has 0 aromatic rings. The van der Waals surface area contributed by atoms with Crippen LogP contribution in [0.25, 0.3) is 0 Å². The van der Waals surface area contributed by atoms with Crippen LogP contribution < -0.4 is 5.32 Å². The third-order valence-electron chi connectivity index (χ3n) is 2.46. The number of nitrogens with one attached hydrogen (secondary N) is 1. The van der Waals surface area contributed by atoms with Gasteiger partial charge < -0.3 is 10.4 Å². The number of hydrogen-bond acceptors (Lipinski definition) is 1. The van der Waals surface area contributed by atoms with Crippen LogP contribution in [0.15, 0.2) is 9.47 Å². The first-order valence-electron chi connectivity index (χ1n) is 4.60. The number of allylic oxidation sites excluding steroid dienone is 1. The lowest BCUT2D eigenvalue weighted by molar-refractivity contribution is 0.184. The first-order valence-corrected chi connectivity index (χ1v) is 6.19. The van der Waals surface area contributed by atoms with Crippen molar-refractivity contribution in [3.63, 3.8) is 0 Å². The van der Waals surface area contributed by atoms with E-state index in [1.54, 1.807) is 0 Å². The van der Waals surface area contributed by atoms with Crippen molar-refractivity contribution in [1.29, 1.82) is 0 Å². The van der Waals surface area contributed by atoms with Crippen molar-refractivity contribution in [3.05, 3.63) is 9.47 Å². The normalized spacial score (nSPS) is 26.7. The summed E-state index contributed by atoms with van der Waals surface area (Å²) in [6, 6.07) is 0.145. The number of rotatable bonds is 2. The highest BCUT2D eigenvalue weighted by Gasteiger charge is 2.20. The SMILES string of the molecule is O=C(O)N[C@H]1CC[C@H](C=C(Br)Br)CC1. The van der Waals surface area contributed by atoms with Gasteiger partial charge in [0, 0.05) is 6.04 Å². The van der Waals surface area contributed by atoms with Crippen molar-refractivity contribution in [1.82, 2.24) is 5.32 Å². The van der Waals surface area contributed by atoms with E-state index in [0.29, 0.717) is 5.92 Å². The van der Waals surface area contributed by atoms with E-state index < -0.39 is 6.09 Å². The van der Waals surface area contributed by atoms with Gasteiger partial charge >= 0.3 is 6.09 Å². The molecule has 0 unspecified atom stereocenters. The summed E-state index contributed by atoms with van der Waals surface area (Å²) in [6.07, 6.45) is 5.18. The Hall–Kier alpha value is -0.0300. The lowest BCUT2D eigenvalue weighted by Crippen LogP contribution is -2.36. The van der Waals surface area contributed by atoms with E-state index in [4.69, 9.17) is 5.11 Å². The van der Waals surface area contributed by atoms with Crippen LogP contribution in [0.1, 0.15) is 25.7 Å². The van der Waals surface area contributed by atoms with Gasteiger partial charge in [-0.3, -0.25) is 0 Å². The zero-order chi connectivity index (χ0) is 10.6. The minimum atomic E-state index is -0.911. The van der Waals surface area contributed by atoms with Crippen molar-refractivity contribution in [2.75, 3.05) is 0 Å². The third-order valence-corrected chi connectivity index (χ3v) is 2.99. The summed E-state index contributed by atoms with van der Waals surface area (Å²) >= 11 is 6.67. The van der Waals surface area contributed by atoms with Crippen molar-refractivity contribution in [3.8, 4) is 0 Å². The molecule has 0 aromatic carbocycles. The van der Waals surface area contributed by atoms with E-state index in [1.807, 2.05) is 0 Å². The molecule has 1 fully saturated rings. The van der Waals surface area contributed by atoms with E-state index >= 15 is 0 Å². The zero-order valence-corrected chi connectivity index (χ0v) is 10.8. The van der Waals surface area contributed by atoms with Gasteiger partial charge in [-0.25, -0.2) is 4.79 Å². The molecule has 0 bridgehead atoms. The van der Waals surface area contributed by atoms with Crippen LogP contribution in [0.2, 0.25) is 0 Å².